The van der Waals surface area contributed by atoms with Gasteiger partial charge in [0.05, 0.1) is 60.9 Å². The van der Waals surface area contributed by atoms with Gasteiger partial charge in [-0.25, -0.2) is 14.1 Å². The molecule has 0 unspecified atom stereocenters. The van der Waals surface area contributed by atoms with Crippen LogP contribution >= 0.6 is 0 Å². The first-order valence-corrected chi connectivity index (χ1v) is 12.1. The number of likely N-dealkylation sites (tertiary alicyclic amines) is 1. The monoisotopic (exact) mass is 521 g/mol. The predicted octanol–water partition coefficient (Wildman–Crippen LogP) is 1.46. The Morgan fingerprint density at radius 1 is 1.34 bits per heavy atom. The van der Waals surface area contributed by atoms with Crippen molar-refractivity contribution in [3.8, 4) is 11.8 Å². The van der Waals surface area contributed by atoms with Gasteiger partial charge in [0.1, 0.15) is 17.2 Å². The molecule has 2 aliphatic rings. The Balaban J connectivity index is 1.51. The number of hydrogen-bond acceptors (Lipinski definition) is 7. The number of fused-ring (bicyclic) bond motifs is 1. The summed E-state index contributed by atoms with van der Waals surface area (Å²) in [5, 5.41) is 7.56. The Morgan fingerprint density at radius 2 is 2.13 bits per heavy atom. The topological polar surface area (TPSA) is 130 Å². The number of halogens is 1. The van der Waals surface area contributed by atoms with Gasteiger partial charge in [-0.1, -0.05) is 12.5 Å². The first-order valence-electron chi connectivity index (χ1n) is 12.1. The van der Waals surface area contributed by atoms with E-state index in [9.17, 15) is 9.59 Å². The van der Waals surface area contributed by atoms with Gasteiger partial charge in [0, 0.05) is 26.8 Å². The smallest absolute Gasteiger partial charge is 0.255 e. The number of carbonyl (C=O) groups is 2. The molecule has 2 atom stereocenters. The van der Waals surface area contributed by atoms with Crippen molar-refractivity contribution in [3.05, 3.63) is 53.8 Å². The van der Waals surface area contributed by atoms with Crippen LogP contribution in [-0.4, -0.2) is 82.6 Å². The summed E-state index contributed by atoms with van der Waals surface area (Å²) in [5.74, 6) is 4.53. The van der Waals surface area contributed by atoms with Crippen LogP contribution in [0.1, 0.15) is 40.1 Å². The van der Waals surface area contributed by atoms with E-state index in [-0.39, 0.29) is 40.9 Å². The van der Waals surface area contributed by atoms with Crippen molar-refractivity contribution < 1.29 is 23.5 Å². The first kappa shape index (κ1) is 25.4. The third-order valence-electron chi connectivity index (χ3n) is 6.94. The molecular weight excluding hydrogens is 493 g/mol. The lowest BCUT2D eigenvalue weighted by Crippen LogP contribution is -2.37. The summed E-state index contributed by atoms with van der Waals surface area (Å²) in [4.78, 5) is 30.9. The van der Waals surface area contributed by atoms with Crippen molar-refractivity contribution >= 4 is 28.7 Å². The second-order valence-electron chi connectivity index (χ2n) is 9.24. The summed E-state index contributed by atoms with van der Waals surface area (Å²) >= 11 is 0. The Bertz CT molecular complexity index is 1480. The SMILES string of the molecule is C=CC(=O)N1C[C@@H](n2nc(C#Cc3cc4ncn(C5COC5)c4cc3F)c(C(N)=O)c2NC)C[C@@H]1COC. The molecule has 3 aromatic rings. The number of benzene rings is 1. The molecule has 2 saturated heterocycles. The van der Waals surface area contributed by atoms with Crippen molar-refractivity contribution in [2.45, 2.75) is 24.5 Å². The van der Waals surface area contributed by atoms with E-state index in [1.165, 1.54) is 12.1 Å². The van der Waals surface area contributed by atoms with Gasteiger partial charge in [-0.15, -0.1) is 0 Å². The normalized spacial score (nSPS) is 19.2. The standard InChI is InChI=1S/C26H28FN7O4/c1-4-23(35)32-10-16(8-17(32)11-37-3)34-26(29-2)24(25(28)36)20(31-34)6-5-15-7-21-22(9-19(15)27)33(14-30-21)18-12-38-13-18/h4,7,9,14,16-18,29H,1,8,10-13H2,2-3H3,(H2,28,36)/t16-,17+/m0/s1. The lowest BCUT2D eigenvalue weighted by Gasteiger charge is -2.27. The summed E-state index contributed by atoms with van der Waals surface area (Å²) in [6, 6.07) is 2.64. The van der Waals surface area contributed by atoms with Crippen LogP contribution < -0.4 is 11.1 Å². The number of rotatable bonds is 7. The molecule has 0 saturated carbocycles. The van der Waals surface area contributed by atoms with Crippen LogP contribution in [0.2, 0.25) is 0 Å². The average Bonchev–Trinajstić information content (AvgIpc) is 3.56. The van der Waals surface area contributed by atoms with E-state index >= 15 is 4.39 Å². The molecule has 1 aromatic carbocycles. The highest BCUT2D eigenvalue weighted by Crippen LogP contribution is 2.32. The number of carbonyl (C=O) groups excluding carboxylic acids is 2. The number of hydrogen-bond donors (Lipinski definition) is 2. The predicted molar refractivity (Wildman–Crippen MR) is 137 cm³/mol. The van der Waals surface area contributed by atoms with Crippen LogP contribution in [0.4, 0.5) is 10.2 Å². The van der Waals surface area contributed by atoms with Gasteiger partial charge in [0.2, 0.25) is 5.91 Å². The van der Waals surface area contributed by atoms with Crippen LogP contribution in [0.3, 0.4) is 0 Å². The second kappa shape index (κ2) is 10.3. The molecule has 2 aliphatic heterocycles. The molecule has 2 aromatic heterocycles. The maximum absolute atomic E-state index is 15.0. The zero-order valence-corrected chi connectivity index (χ0v) is 21.1. The highest BCUT2D eigenvalue weighted by Gasteiger charge is 2.37. The number of imidazole rings is 1. The molecule has 38 heavy (non-hydrogen) atoms. The number of nitrogens with zero attached hydrogens (tertiary/aromatic N) is 5. The zero-order chi connectivity index (χ0) is 27.0. The van der Waals surface area contributed by atoms with Gasteiger partial charge >= 0.3 is 0 Å². The van der Waals surface area contributed by atoms with Crippen molar-refractivity contribution in [1.82, 2.24) is 24.2 Å². The average molecular weight is 522 g/mol. The third kappa shape index (κ3) is 4.40. The fraction of sp³-hybridized carbons (Fsp3) is 0.385. The highest BCUT2D eigenvalue weighted by atomic mass is 19.1. The minimum absolute atomic E-state index is 0.0903. The fourth-order valence-corrected chi connectivity index (χ4v) is 5.01. The maximum atomic E-state index is 15.0. The number of primary amides is 1. The Morgan fingerprint density at radius 3 is 2.76 bits per heavy atom. The fourth-order valence-electron chi connectivity index (χ4n) is 5.01. The minimum Gasteiger partial charge on any atom is -0.383 e. The second-order valence-corrected chi connectivity index (χ2v) is 9.24. The quantitative estimate of drug-likeness (QED) is 0.356. The minimum atomic E-state index is -0.729. The molecule has 11 nitrogen and oxygen atoms in total. The summed E-state index contributed by atoms with van der Waals surface area (Å²) < 4.78 is 29.1. The Hall–Kier alpha value is -4.21. The van der Waals surface area contributed by atoms with E-state index < -0.39 is 11.7 Å². The summed E-state index contributed by atoms with van der Waals surface area (Å²) in [6.07, 6.45) is 3.46. The highest BCUT2D eigenvalue weighted by molar-refractivity contribution is 6.00. The summed E-state index contributed by atoms with van der Waals surface area (Å²) in [7, 11) is 3.21. The number of amides is 2. The number of methoxy groups -OCH3 is 1. The van der Waals surface area contributed by atoms with Gasteiger partial charge in [-0.05, 0) is 24.5 Å². The Labute approximate surface area is 218 Å². The number of anilines is 1. The molecule has 5 rings (SSSR count). The van der Waals surface area contributed by atoms with E-state index in [0.29, 0.717) is 49.6 Å². The van der Waals surface area contributed by atoms with Gasteiger partial charge in [0.25, 0.3) is 5.91 Å². The van der Waals surface area contributed by atoms with Crippen LogP contribution in [0.15, 0.2) is 31.1 Å². The van der Waals surface area contributed by atoms with Crippen LogP contribution in [0, 0.1) is 17.7 Å². The largest absolute Gasteiger partial charge is 0.383 e. The number of ether oxygens (including phenoxy) is 2. The third-order valence-corrected chi connectivity index (χ3v) is 6.94. The van der Waals surface area contributed by atoms with Crippen molar-refractivity contribution in [2.24, 2.45) is 5.73 Å². The van der Waals surface area contributed by atoms with E-state index in [2.05, 4.69) is 33.8 Å². The summed E-state index contributed by atoms with van der Waals surface area (Å²) in [6.45, 7) is 5.38. The van der Waals surface area contributed by atoms with Crippen molar-refractivity contribution in [1.29, 1.82) is 0 Å². The number of aromatic nitrogens is 4. The van der Waals surface area contributed by atoms with Crippen LogP contribution in [-0.2, 0) is 14.3 Å². The molecule has 0 bridgehead atoms. The molecular formula is C26H28FN7O4. The lowest BCUT2D eigenvalue weighted by atomic mass is 10.1. The summed E-state index contributed by atoms with van der Waals surface area (Å²) in [5.41, 5.74) is 7.28. The van der Waals surface area contributed by atoms with Gasteiger partial charge in [-0.3, -0.25) is 9.59 Å². The molecule has 0 radical (unpaired) electrons. The van der Waals surface area contributed by atoms with E-state index in [1.54, 1.807) is 36.1 Å². The van der Waals surface area contributed by atoms with Gasteiger partial charge in [-0.2, -0.15) is 5.10 Å². The first-order chi connectivity index (χ1) is 18.4. The molecule has 198 valence electrons. The van der Waals surface area contributed by atoms with Crippen molar-refractivity contribution in [2.75, 3.05) is 45.8 Å². The molecule has 4 heterocycles. The van der Waals surface area contributed by atoms with Gasteiger partial charge < -0.3 is 30.0 Å². The van der Waals surface area contributed by atoms with Crippen LogP contribution in [0.5, 0.6) is 0 Å². The lowest BCUT2D eigenvalue weighted by molar-refractivity contribution is -0.127. The number of nitrogens with two attached hydrogens (primary N) is 1. The van der Waals surface area contributed by atoms with E-state index in [0.717, 1.165) is 0 Å². The maximum Gasteiger partial charge on any atom is 0.255 e. The van der Waals surface area contributed by atoms with Crippen molar-refractivity contribution in [3.63, 3.8) is 0 Å². The molecule has 2 amide bonds. The molecule has 3 N–H and O–H groups in total. The van der Waals surface area contributed by atoms with E-state index in [4.69, 9.17) is 15.2 Å². The zero-order valence-electron chi connectivity index (χ0n) is 21.1. The van der Waals surface area contributed by atoms with E-state index in [1.807, 2.05) is 4.57 Å². The molecule has 2 fully saturated rings. The number of nitrogens with one attached hydrogen (secondary N) is 1. The van der Waals surface area contributed by atoms with Crippen LogP contribution in [0.25, 0.3) is 11.0 Å². The van der Waals surface area contributed by atoms with Gasteiger partial charge in [0.15, 0.2) is 5.69 Å². The molecule has 12 heteroatoms. The molecule has 0 spiro atoms. The Kier molecular flexibility index (Phi) is 6.88. The molecule has 0 aliphatic carbocycles.